The third kappa shape index (κ3) is 6.33. The average Bonchev–Trinajstić information content (AvgIpc) is 2.94. The fraction of sp³-hybridized carbons (Fsp3) is 0.286. The van der Waals surface area contributed by atoms with Crippen molar-refractivity contribution in [3.8, 4) is 11.3 Å². The van der Waals surface area contributed by atoms with Crippen LogP contribution in [0.5, 0.6) is 0 Å². The van der Waals surface area contributed by atoms with Crippen molar-refractivity contribution < 1.29 is 18.3 Å². The molecule has 10 nitrogen and oxygen atoms in total. The second-order valence-corrected chi connectivity index (χ2v) is 11.3. The molecule has 4 rings (SSSR count). The predicted octanol–water partition coefficient (Wildman–Crippen LogP) is 5.53. The number of aromatic nitrogens is 3. The molecule has 0 unspecified atom stereocenters. The van der Waals surface area contributed by atoms with Gasteiger partial charge in [-0.2, -0.15) is 4.31 Å². The second kappa shape index (κ2) is 12.6. The van der Waals surface area contributed by atoms with Crippen LogP contribution in [0.15, 0.2) is 65.7 Å². The van der Waals surface area contributed by atoms with Crippen molar-refractivity contribution in [3.63, 3.8) is 0 Å². The number of carbonyl (C=O) groups is 1. The first kappa shape index (κ1) is 29.2. The molecule has 12 heteroatoms. The van der Waals surface area contributed by atoms with E-state index in [2.05, 4.69) is 20.3 Å². The highest BCUT2D eigenvalue weighted by Gasteiger charge is 2.21. The smallest absolute Gasteiger partial charge is 0.413 e. The molecular formula is C28H31ClN6O4S. The molecule has 0 saturated heterocycles. The molecule has 0 bridgehead atoms. The average molecular weight is 583 g/mol. The van der Waals surface area contributed by atoms with Gasteiger partial charge in [0.15, 0.2) is 5.65 Å². The van der Waals surface area contributed by atoms with E-state index < -0.39 is 16.1 Å². The third-order valence-electron chi connectivity index (χ3n) is 6.46. The number of amides is 1. The Morgan fingerprint density at radius 2 is 1.65 bits per heavy atom. The highest BCUT2D eigenvalue weighted by atomic mass is 35.5. The Bertz CT molecular complexity index is 1590. The standard InChI is InChI=1S/C28H31ClN6O4S/c1-4-34(5-2)40(38,39)22-13-7-19(8-14-22)15-16-30-23-17-25(35(6-3)28(36)37)33-27-26(23)31-18-24(32-27)20-9-11-21(29)12-10-20/h7-14,17-18H,4-6,15-16H2,1-3H3,(H,36,37)(H,30,32,33). The number of benzene rings is 2. The molecule has 2 aromatic carbocycles. The SMILES string of the molecule is CCN(C(=O)O)c1cc(NCCc2ccc(S(=O)(=O)N(CC)CC)cc2)c2ncc(-c3ccc(Cl)cc3)nc2n1. The van der Waals surface area contributed by atoms with Gasteiger partial charge < -0.3 is 10.4 Å². The number of carboxylic acid groups (broad SMARTS) is 1. The summed E-state index contributed by atoms with van der Waals surface area (Å²) in [7, 11) is -3.52. The number of hydrogen-bond acceptors (Lipinski definition) is 7. The molecule has 0 radical (unpaired) electrons. The molecule has 0 fully saturated rings. The van der Waals surface area contributed by atoms with Gasteiger partial charge in [0.1, 0.15) is 11.3 Å². The van der Waals surface area contributed by atoms with Crippen molar-refractivity contribution in [1.82, 2.24) is 19.3 Å². The molecule has 2 heterocycles. The zero-order chi connectivity index (χ0) is 28.9. The lowest BCUT2D eigenvalue weighted by molar-refractivity contribution is 0.202. The van der Waals surface area contributed by atoms with Crippen LogP contribution in [0, 0.1) is 0 Å². The van der Waals surface area contributed by atoms with Crippen LogP contribution in [-0.4, -0.2) is 65.1 Å². The fourth-order valence-corrected chi connectivity index (χ4v) is 5.88. The van der Waals surface area contributed by atoms with Gasteiger partial charge in [0.2, 0.25) is 10.0 Å². The van der Waals surface area contributed by atoms with Gasteiger partial charge in [-0.3, -0.25) is 4.90 Å². The lowest BCUT2D eigenvalue weighted by atomic mass is 10.1. The number of hydrogen-bond donors (Lipinski definition) is 2. The first-order valence-electron chi connectivity index (χ1n) is 12.9. The normalized spacial score (nSPS) is 11.6. The number of nitrogens with zero attached hydrogens (tertiary/aromatic N) is 5. The van der Waals surface area contributed by atoms with Crippen LogP contribution in [0.2, 0.25) is 5.02 Å². The molecule has 2 aromatic heterocycles. The molecule has 0 aliphatic rings. The monoisotopic (exact) mass is 582 g/mol. The Balaban J connectivity index is 1.60. The summed E-state index contributed by atoms with van der Waals surface area (Å²) in [5.74, 6) is 0.235. The highest BCUT2D eigenvalue weighted by Crippen LogP contribution is 2.28. The largest absolute Gasteiger partial charge is 0.465 e. The summed E-state index contributed by atoms with van der Waals surface area (Å²) in [4.78, 5) is 27.0. The van der Waals surface area contributed by atoms with Crippen LogP contribution < -0.4 is 10.2 Å². The van der Waals surface area contributed by atoms with Crippen LogP contribution in [-0.2, 0) is 16.4 Å². The number of sulfonamides is 1. The van der Waals surface area contributed by atoms with Crippen molar-refractivity contribution in [2.24, 2.45) is 0 Å². The molecule has 4 aromatic rings. The number of fused-ring (bicyclic) bond motifs is 1. The van der Waals surface area contributed by atoms with Crippen LogP contribution >= 0.6 is 11.6 Å². The summed E-state index contributed by atoms with van der Waals surface area (Å²) in [6.07, 6.45) is 1.11. The quantitative estimate of drug-likeness (QED) is 0.236. The van der Waals surface area contributed by atoms with E-state index in [4.69, 9.17) is 11.6 Å². The van der Waals surface area contributed by atoms with Crippen molar-refractivity contribution in [2.45, 2.75) is 32.1 Å². The van der Waals surface area contributed by atoms with Gasteiger partial charge in [-0.1, -0.05) is 49.7 Å². The summed E-state index contributed by atoms with van der Waals surface area (Å²) in [5, 5.41) is 13.6. The molecule has 0 aliphatic heterocycles. The molecule has 40 heavy (non-hydrogen) atoms. The zero-order valence-corrected chi connectivity index (χ0v) is 24.1. The molecule has 0 saturated carbocycles. The Labute approximate surface area is 238 Å². The van der Waals surface area contributed by atoms with Crippen LogP contribution in [0.25, 0.3) is 22.4 Å². The van der Waals surface area contributed by atoms with Crippen molar-refractivity contribution in [3.05, 3.63) is 71.4 Å². The predicted molar refractivity (Wildman–Crippen MR) is 158 cm³/mol. The van der Waals surface area contributed by atoms with Crippen molar-refractivity contribution >= 4 is 50.4 Å². The Morgan fingerprint density at radius 1 is 0.975 bits per heavy atom. The van der Waals surface area contributed by atoms with Crippen LogP contribution in [0.3, 0.4) is 0 Å². The minimum absolute atomic E-state index is 0.209. The summed E-state index contributed by atoms with van der Waals surface area (Å²) < 4.78 is 26.9. The third-order valence-corrected chi connectivity index (χ3v) is 8.78. The van der Waals surface area contributed by atoms with E-state index >= 15 is 0 Å². The maximum atomic E-state index is 12.8. The highest BCUT2D eigenvalue weighted by molar-refractivity contribution is 7.89. The maximum absolute atomic E-state index is 12.8. The summed E-state index contributed by atoms with van der Waals surface area (Å²) in [5.41, 5.74) is 3.73. The number of pyridine rings is 1. The number of nitrogens with one attached hydrogen (secondary N) is 1. The summed E-state index contributed by atoms with van der Waals surface area (Å²) >= 11 is 6.01. The Kier molecular flexibility index (Phi) is 9.18. The van der Waals surface area contributed by atoms with E-state index in [9.17, 15) is 18.3 Å². The number of anilines is 2. The van der Waals surface area contributed by atoms with Gasteiger partial charge in [0, 0.05) is 42.8 Å². The van der Waals surface area contributed by atoms with Gasteiger partial charge in [-0.25, -0.2) is 28.2 Å². The zero-order valence-electron chi connectivity index (χ0n) is 22.5. The van der Waals surface area contributed by atoms with E-state index in [0.29, 0.717) is 53.6 Å². The van der Waals surface area contributed by atoms with Crippen LogP contribution in [0.4, 0.5) is 16.3 Å². The lowest BCUT2D eigenvalue weighted by Crippen LogP contribution is -2.30. The Morgan fingerprint density at radius 3 is 2.25 bits per heavy atom. The minimum Gasteiger partial charge on any atom is -0.465 e. The van der Waals surface area contributed by atoms with Crippen molar-refractivity contribution in [1.29, 1.82) is 0 Å². The topological polar surface area (TPSA) is 129 Å². The fourth-order valence-electron chi connectivity index (χ4n) is 4.30. The molecule has 0 aliphatic carbocycles. The van der Waals surface area contributed by atoms with Gasteiger partial charge in [-0.15, -0.1) is 0 Å². The van der Waals surface area contributed by atoms with E-state index in [1.165, 1.54) is 4.31 Å². The first-order valence-corrected chi connectivity index (χ1v) is 14.8. The molecule has 2 N–H and O–H groups in total. The van der Waals surface area contributed by atoms with Gasteiger partial charge >= 0.3 is 6.09 Å². The Hall–Kier alpha value is -3.80. The first-order chi connectivity index (χ1) is 19.2. The second-order valence-electron chi connectivity index (χ2n) is 8.90. The summed E-state index contributed by atoms with van der Waals surface area (Å²) in [6.45, 7) is 6.87. The number of halogens is 1. The minimum atomic E-state index is -3.52. The van der Waals surface area contributed by atoms with E-state index in [0.717, 1.165) is 16.0 Å². The molecule has 0 spiro atoms. The molecular weight excluding hydrogens is 552 g/mol. The molecule has 210 valence electrons. The van der Waals surface area contributed by atoms with Gasteiger partial charge in [-0.05, 0) is 43.2 Å². The van der Waals surface area contributed by atoms with E-state index in [-0.39, 0.29) is 17.3 Å². The molecule has 1 amide bonds. The van der Waals surface area contributed by atoms with Crippen LogP contribution in [0.1, 0.15) is 26.3 Å². The van der Waals surface area contributed by atoms with E-state index in [1.54, 1.807) is 55.6 Å². The van der Waals surface area contributed by atoms with Gasteiger partial charge in [0.05, 0.1) is 22.5 Å². The number of rotatable bonds is 11. The van der Waals surface area contributed by atoms with E-state index in [1.807, 2.05) is 26.0 Å². The van der Waals surface area contributed by atoms with Gasteiger partial charge in [0.25, 0.3) is 0 Å². The summed E-state index contributed by atoms with van der Waals surface area (Å²) in [6, 6.07) is 15.7. The lowest BCUT2D eigenvalue weighted by Gasteiger charge is -2.19. The maximum Gasteiger partial charge on any atom is 0.413 e. The molecule has 0 atom stereocenters. The van der Waals surface area contributed by atoms with Crippen molar-refractivity contribution in [2.75, 3.05) is 36.4 Å².